The minimum absolute atomic E-state index is 0.0239. The molecular formula is C20H30O2. The number of hydrogen-bond acceptors (Lipinski definition) is 2. The third-order valence-corrected chi connectivity index (χ3v) is 5.41. The molecule has 0 spiro atoms. The van der Waals surface area contributed by atoms with Crippen LogP contribution in [0.1, 0.15) is 54.4 Å². The molecular weight excluding hydrogens is 272 g/mol. The molecule has 2 aliphatic rings. The van der Waals surface area contributed by atoms with E-state index in [4.69, 9.17) is 0 Å². The molecule has 0 unspecified atom stereocenters. The number of allylic oxidation sites excluding steroid dienone is 4. The van der Waals surface area contributed by atoms with E-state index in [1.54, 1.807) is 0 Å². The second kappa shape index (κ2) is 5.79. The van der Waals surface area contributed by atoms with Gasteiger partial charge >= 0.3 is 0 Å². The maximum atomic E-state index is 12.5. The SMILES string of the molecule is C[C@@H]1C(=O)CC(C)(C)C=C[C@H]1[C@@H]1C=CC(C)(C)CC(=O)[C@@H]1C. The Morgan fingerprint density at radius 3 is 1.41 bits per heavy atom. The second-order valence-electron chi connectivity index (χ2n) is 8.71. The van der Waals surface area contributed by atoms with Crippen molar-refractivity contribution in [1.82, 2.24) is 0 Å². The average molecular weight is 302 g/mol. The molecule has 0 amide bonds. The number of Topliss-reactive ketones (excluding diaryl/α,β-unsaturated/α-hetero) is 2. The van der Waals surface area contributed by atoms with Crippen LogP contribution in [0.3, 0.4) is 0 Å². The molecule has 0 saturated heterocycles. The number of carbonyl (C=O) groups excluding carboxylic acids is 2. The third-order valence-electron chi connectivity index (χ3n) is 5.41. The summed E-state index contributed by atoms with van der Waals surface area (Å²) in [6.07, 6.45) is 9.94. The third kappa shape index (κ3) is 3.59. The van der Waals surface area contributed by atoms with Gasteiger partial charge in [-0.05, 0) is 22.7 Å². The predicted octanol–water partition coefficient (Wildman–Crippen LogP) is 4.60. The Hall–Kier alpha value is -1.18. The standard InChI is InChI=1S/C20H30O2/c1-13-15(7-9-19(3,4)11-17(13)21)16-8-10-20(5,6)12-18(22)14(16)2/h7-10,13-16H,11-12H2,1-6H3/t13-,14+,15-,16-/m1/s1. The molecule has 0 radical (unpaired) electrons. The monoisotopic (exact) mass is 302 g/mol. The normalized spacial score (nSPS) is 37.7. The van der Waals surface area contributed by atoms with Crippen molar-refractivity contribution < 1.29 is 9.59 Å². The summed E-state index contributed by atoms with van der Waals surface area (Å²) < 4.78 is 0. The van der Waals surface area contributed by atoms with Crippen LogP contribution in [-0.2, 0) is 9.59 Å². The van der Waals surface area contributed by atoms with E-state index in [0.29, 0.717) is 24.4 Å². The summed E-state index contributed by atoms with van der Waals surface area (Å²) in [5, 5.41) is 0. The Kier molecular flexibility index (Phi) is 4.52. The van der Waals surface area contributed by atoms with Gasteiger partial charge in [-0.2, -0.15) is 0 Å². The summed E-state index contributed by atoms with van der Waals surface area (Å²) in [5.41, 5.74) is -0.165. The molecule has 0 N–H and O–H groups in total. The topological polar surface area (TPSA) is 34.1 Å². The molecule has 2 heteroatoms. The first-order valence-corrected chi connectivity index (χ1v) is 8.47. The van der Waals surface area contributed by atoms with Crippen LogP contribution in [-0.4, -0.2) is 11.6 Å². The van der Waals surface area contributed by atoms with Gasteiger partial charge in [-0.25, -0.2) is 0 Å². The van der Waals surface area contributed by atoms with E-state index in [9.17, 15) is 9.59 Å². The van der Waals surface area contributed by atoms with Gasteiger partial charge < -0.3 is 0 Å². The van der Waals surface area contributed by atoms with E-state index in [0.717, 1.165) is 0 Å². The lowest BCUT2D eigenvalue weighted by Crippen LogP contribution is -2.31. The average Bonchev–Trinajstić information content (AvgIpc) is 2.54. The number of hydrogen-bond donors (Lipinski definition) is 0. The van der Waals surface area contributed by atoms with Crippen LogP contribution < -0.4 is 0 Å². The molecule has 0 saturated carbocycles. The van der Waals surface area contributed by atoms with Gasteiger partial charge in [0.15, 0.2) is 0 Å². The lowest BCUT2D eigenvalue weighted by atomic mass is 9.73. The summed E-state index contributed by atoms with van der Waals surface area (Å²) in [5.74, 6) is 0.832. The van der Waals surface area contributed by atoms with Crippen LogP contribution >= 0.6 is 0 Å². The molecule has 0 aromatic carbocycles. The summed E-state index contributed by atoms with van der Waals surface area (Å²) in [6, 6.07) is 0. The molecule has 0 bridgehead atoms. The van der Waals surface area contributed by atoms with Gasteiger partial charge in [0.05, 0.1) is 0 Å². The summed E-state index contributed by atoms with van der Waals surface area (Å²) in [7, 11) is 0. The fourth-order valence-electron chi connectivity index (χ4n) is 3.77. The molecule has 0 aromatic rings. The van der Waals surface area contributed by atoms with Gasteiger partial charge in [0, 0.05) is 24.7 Å². The highest BCUT2D eigenvalue weighted by Gasteiger charge is 2.39. The van der Waals surface area contributed by atoms with E-state index < -0.39 is 0 Å². The minimum Gasteiger partial charge on any atom is -0.299 e. The van der Waals surface area contributed by atoms with Crippen LogP contribution in [0.15, 0.2) is 24.3 Å². The van der Waals surface area contributed by atoms with E-state index >= 15 is 0 Å². The van der Waals surface area contributed by atoms with Crippen molar-refractivity contribution in [2.75, 3.05) is 0 Å². The van der Waals surface area contributed by atoms with Crippen molar-refractivity contribution in [2.45, 2.75) is 54.4 Å². The van der Waals surface area contributed by atoms with Crippen LogP contribution in [0.4, 0.5) is 0 Å². The van der Waals surface area contributed by atoms with Crippen LogP contribution in [0.25, 0.3) is 0 Å². The van der Waals surface area contributed by atoms with E-state index in [1.807, 2.05) is 13.8 Å². The second-order valence-corrected chi connectivity index (χ2v) is 8.71. The Balaban J connectivity index is 2.39. The number of rotatable bonds is 1. The predicted molar refractivity (Wildman–Crippen MR) is 90.4 cm³/mol. The van der Waals surface area contributed by atoms with Gasteiger partial charge in [0.2, 0.25) is 0 Å². The van der Waals surface area contributed by atoms with Crippen molar-refractivity contribution in [3.05, 3.63) is 24.3 Å². The maximum Gasteiger partial charge on any atom is 0.137 e. The molecule has 0 aromatic heterocycles. The summed E-state index contributed by atoms with van der Waals surface area (Å²) >= 11 is 0. The fourth-order valence-corrected chi connectivity index (χ4v) is 3.77. The molecule has 2 rings (SSSR count). The highest BCUT2D eigenvalue weighted by atomic mass is 16.1. The zero-order valence-corrected chi connectivity index (χ0v) is 14.8. The van der Waals surface area contributed by atoms with Crippen LogP contribution in [0.2, 0.25) is 0 Å². The van der Waals surface area contributed by atoms with Crippen molar-refractivity contribution in [3.63, 3.8) is 0 Å². The van der Waals surface area contributed by atoms with Gasteiger partial charge in [-0.1, -0.05) is 65.8 Å². The summed E-state index contributed by atoms with van der Waals surface area (Å²) in [4.78, 5) is 25.1. The highest BCUT2D eigenvalue weighted by molar-refractivity contribution is 5.84. The quantitative estimate of drug-likeness (QED) is 0.663. The van der Waals surface area contributed by atoms with Crippen molar-refractivity contribution in [3.8, 4) is 0 Å². The molecule has 2 nitrogen and oxygen atoms in total. The van der Waals surface area contributed by atoms with Crippen molar-refractivity contribution in [1.29, 1.82) is 0 Å². The van der Waals surface area contributed by atoms with E-state index in [2.05, 4.69) is 52.0 Å². The summed E-state index contributed by atoms with van der Waals surface area (Å²) in [6.45, 7) is 12.5. The molecule has 2 aliphatic carbocycles. The van der Waals surface area contributed by atoms with Crippen molar-refractivity contribution >= 4 is 11.6 Å². The maximum absolute atomic E-state index is 12.5. The van der Waals surface area contributed by atoms with Gasteiger partial charge in [-0.15, -0.1) is 0 Å². The first kappa shape index (κ1) is 17.2. The zero-order valence-electron chi connectivity index (χ0n) is 14.8. The number of ketones is 2. The zero-order chi connectivity index (χ0) is 16.7. The lowest BCUT2D eigenvalue weighted by Gasteiger charge is -2.29. The molecule has 22 heavy (non-hydrogen) atoms. The molecule has 4 atom stereocenters. The van der Waals surface area contributed by atoms with E-state index in [-0.39, 0.29) is 34.5 Å². The smallest absolute Gasteiger partial charge is 0.137 e. The van der Waals surface area contributed by atoms with E-state index in [1.165, 1.54) is 0 Å². The molecule has 0 fully saturated rings. The Labute approximate surface area is 135 Å². The largest absolute Gasteiger partial charge is 0.299 e. The number of carbonyl (C=O) groups is 2. The molecule has 122 valence electrons. The van der Waals surface area contributed by atoms with Crippen molar-refractivity contribution in [2.24, 2.45) is 34.5 Å². The lowest BCUT2D eigenvalue weighted by molar-refractivity contribution is -0.128. The van der Waals surface area contributed by atoms with Gasteiger partial charge in [0.25, 0.3) is 0 Å². The molecule has 0 heterocycles. The van der Waals surface area contributed by atoms with Crippen LogP contribution in [0, 0.1) is 34.5 Å². The minimum atomic E-state index is -0.0823. The van der Waals surface area contributed by atoms with Gasteiger partial charge in [-0.3, -0.25) is 9.59 Å². The first-order chi connectivity index (χ1) is 10.0. The Bertz CT molecular complexity index is 474. The van der Waals surface area contributed by atoms with Gasteiger partial charge in [0.1, 0.15) is 11.6 Å². The first-order valence-electron chi connectivity index (χ1n) is 8.47. The highest BCUT2D eigenvalue weighted by Crippen LogP contribution is 2.41. The van der Waals surface area contributed by atoms with Crippen LogP contribution in [0.5, 0.6) is 0 Å². The Morgan fingerprint density at radius 1 is 0.773 bits per heavy atom. The fraction of sp³-hybridized carbons (Fsp3) is 0.700. The molecule has 0 aliphatic heterocycles. The Morgan fingerprint density at radius 2 is 1.09 bits per heavy atom.